The normalized spacial score (nSPS) is 11.6. The van der Waals surface area contributed by atoms with E-state index in [1.807, 2.05) is 6.92 Å². The summed E-state index contributed by atoms with van der Waals surface area (Å²) in [5.74, 6) is 0. The molecule has 0 amide bonds. The molecular formula is C5H15NO2. The molecule has 0 radical (unpaired) electrons. The lowest BCUT2D eigenvalue weighted by molar-refractivity contribution is 0.110. The SMILES string of the molecule is CC(O)CO.CCN. The van der Waals surface area contributed by atoms with Crippen LogP contribution < -0.4 is 5.73 Å². The van der Waals surface area contributed by atoms with Crippen LogP contribution in [0, 0.1) is 0 Å². The van der Waals surface area contributed by atoms with Crippen LogP contribution in [0.2, 0.25) is 0 Å². The van der Waals surface area contributed by atoms with Crippen LogP contribution in [0.1, 0.15) is 13.8 Å². The molecule has 0 aromatic rings. The van der Waals surface area contributed by atoms with Gasteiger partial charge in [-0.05, 0) is 13.5 Å². The molecule has 0 bridgehead atoms. The summed E-state index contributed by atoms with van der Waals surface area (Å²) in [5.41, 5.74) is 4.85. The highest BCUT2D eigenvalue weighted by Gasteiger charge is 1.83. The second kappa shape index (κ2) is 9.99. The zero-order valence-electron chi connectivity index (χ0n) is 5.46. The van der Waals surface area contributed by atoms with E-state index in [-0.39, 0.29) is 6.61 Å². The molecule has 0 heterocycles. The Bertz CT molecular complexity index is 31.6. The van der Waals surface area contributed by atoms with Crippen molar-refractivity contribution in [1.29, 1.82) is 0 Å². The summed E-state index contributed by atoms with van der Waals surface area (Å²) >= 11 is 0. The standard InChI is InChI=1S/C3H8O2.C2H7N/c1-3(5)2-4;1-2-3/h3-5H,2H2,1H3;2-3H2,1H3. The van der Waals surface area contributed by atoms with E-state index in [9.17, 15) is 0 Å². The minimum Gasteiger partial charge on any atom is -0.394 e. The van der Waals surface area contributed by atoms with Gasteiger partial charge in [-0.2, -0.15) is 0 Å². The van der Waals surface area contributed by atoms with Crippen LogP contribution in [0.25, 0.3) is 0 Å². The molecule has 0 saturated heterocycles. The second-order valence-corrected chi connectivity index (χ2v) is 1.44. The van der Waals surface area contributed by atoms with E-state index in [1.54, 1.807) is 0 Å². The summed E-state index contributed by atoms with van der Waals surface area (Å²) in [5, 5.41) is 16.0. The Kier molecular flexibility index (Phi) is 13.5. The van der Waals surface area contributed by atoms with Gasteiger partial charge in [-0.1, -0.05) is 6.92 Å². The van der Waals surface area contributed by atoms with Gasteiger partial charge in [0.1, 0.15) is 0 Å². The molecule has 4 N–H and O–H groups in total. The Morgan fingerprint density at radius 1 is 1.62 bits per heavy atom. The molecule has 0 aromatic carbocycles. The molecule has 1 atom stereocenters. The molecule has 0 aliphatic rings. The summed E-state index contributed by atoms with van der Waals surface area (Å²) in [6.07, 6.45) is -0.560. The van der Waals surface area contributed by atoms with E-state index in [4.69, 9.17) is 15.9 Å². The minimum absolute atomic E-state index is 0.139. The van der Waals surface area contributed by atoms with Crippen LogP contribution >= 0.6 is 0 Å². The van der Waals surface area contributed by atoms with Crippen LogP contribution in [0.5, 0.6) is 0 Å². The summed E-state index contributed by atoms with van der Waals surface area (Å²) in [6, 6.07) is 0. The van der Waals surface area contributed by atoms with Gasteiger partial charge in [-0.3, -0.25) is 0 Å². The van der Waals surface area contributed by atoms with Crippen LogP contribution in [-0.2, 0) is 0 Å². The Hall–Kier alpha value is -0.120. The third kappa shape index (κ3) is 39.6. The highest BCUT2D eigenvalue weighted by atomic mass is 16.3. The molecule has 0 aliphatic heterocycles. The largest absolute Gasteiger partial charge is 0.394 e. The smallest absolute Gasteiger partial charge is 0.0742 e. The molecule has 0 rings (SSSR count). The molecule has 3 nitrogen and oxygen atoms in total. The van der Waals surface area contributed by atoms with E-state index < -0.39 is 6.10 Å². The Morgan fingerprint density at radius 2 is 1.75 bits per heavy atom. The molecule has 0 aliphatic carbocycles. The lowest BCUT2D eigenvalue weighted by Gasteiger charge is -1.90. The highest BCUT2D eigenvalue weighted by Crippen LogP contribution is 1.68. The van der Waals surface area contributed by atoms with Crippen molar-refractivity contribution in [3.63, 3.8) is 0 Å². The third-order valence-electron chi connectivity index (χ3n) is 0.264. The highest BCUT2D eigenvalue weighted by molar-refractivity contribution is 4.34. The van der Waals surface area contributed by atoms with Crippen LogP contribution in [0.15, 0.2) is 0 Å². The Balaban J connectivity index is 0. The average Bonchev–Trinajstić information content (AvgIpc) is 1.69. The molecule has 1 unspecified atom stereocenters. The first-order valence-electron chi connectivity index (χ1n) is 2.68. The fourth-order valence-corrected chi connectivity index (χ4v) is 0. The number of rotatable bonds is 1. The quantitative estimate of drug-likeness (QED) is 0.431. The van der Waals surface area contributed by atoms with E-state index in [0.717, 1.165) is 6.54 Å². The maximum atomic E-state index is 8.11. The first kappa shape index (κ1) is 10.8. The number of aliphatic hydroxyl groups excluding tert-OH is 2. The first-order chi connectivity index (χ1) is 3.68. The van der Waals surface area contributed by atoms with Gasteiger partial charge >= 0.3 is 0 Å². The number of hydrogen-bond acceptors (Lipinski definition) is 3. The van der Waals surface area contributed by atoms with Crippen molar-refractivity contribution in [1.82, 2.24) is 0 Å². The number of nitrogens with two attached hydrogens (primary N) is 1. The average molecular weight is 121 g/mol. The van der Waals surface area contributed by atoms with E-state index in [0.29, 0.717) is 0 Å². The fraction of sp³-hybridized carbons (Fsp3) is 1.00. The van der Waals surface area contributed by atoms with Crippen molar-refractivity contribution in [3.05, 3.63) is 0 Å². The van der Waals surface area contributed by atoms with Gasteiger partial charge in [0.2, 0.25) is 0 Å². The monoisotopic (exact) mass is 121 g/mol. The van der Waals surface area contributed by atoms with Gasteiger partial charge < -0.3 is 15.9 Å². The molecule has 0 fully saturated rings. The predicted octanol–water partition coefficient (Wildman–Crippen LogP) is -0.676. The molecular weight excluding hydrogens is 106 g/mol. The summed E-state index contributed by atoms with van der Waals surface area (Å²) in [4.78, 5) is 0. The summed E-state index contributed by atoms with van der Waals surface area (Å²) in [7, 11) is 0. The van der Waals surface area contributed by atoms with Crippen molar-refractivity contribution in [2.45, 2.75) is 20.0 Å². The molecule has 0 aromatic heterocycles. The lowest BCUT2D eigenvalue weighted by atomic mass is 10.5. The summed E-state index contributed by atoms with van der Waals surface area (Å²) in [6.45, 7) is 4.04. The van der Waals surface area contributed by atoms with Gasteiger partial charge in [0.25, 0.3) is 0 Å². The lowest BCUT2D eigenvalue weighted by Crippen LogP contribution is -2.03. The summed E-state index contributed by atoms with van der Waals surface area (Å²) < 4.78 is 0. The van der Waals surface area contributed by atoms with Crippen LogP contribution in [-0.4, -0.2) is 29.5 Å². The van der Waals surface area contributed by atoms with Crippen LogP contribution in [0.3, 0.4) is 0 Å². The van der Waals surface area contributed by atoms with Gasteiger partial charge in [0.15, 0.2) is 0 Å². The van der Waals surface area contributed by atoms with Crippen molar-refractivity contribution in [2.24, 2.45) is 5.73 Å². The topological polar surface area (TPSA) is 66.5 Å². The molecule has 0 spiro atoms. The second-order valence-electron chi connectivity index (χ2n) is 1.44. The number of aliphatic hydroxyl groups is 2. The van der Waals surface area contributed by atoms with Gasteiger partial charge in [-0.25, -0.2) is 0 Å². The Morgan fingerprint density at radius 3 is 1.75 bits per heavy atom. The minimum atomic E-state index is -0.560. The van der Waals surface area contributed by atoms with E-state index in [2.05, 4.69) is 0 Å². The maximum Gasteiger partial charge on any atom is 0.0742 e. The zero-order valence-corrected chi connectivity index (χ0v) is 5.46. The van der Waals surface area contributed by atoms with Crippen LogP contribution in [0.4, 0.5) is 0 Å². The van der Waals surface area contributed by atoms with E-state index in [1.165, 1.54) is 6.92 Å². The molecule has 3 heteroatoms. The van der Waals surface area contributed by atoms with Gasteiger partial charge in [-0.15, -0.1) is 0 Å². The third-order valence-corrected chi connectivity index (χ3v) is 0.264. The molecule has 8 heavy (non-hydrogen) atoms. The Labute approximate surface area is 50.1 Å². The van der Waals surface area contributed by atoms with Crippen molar-refractivity contribution in [3.8, 4) is 0 Å². The molecule has 52 valence electrons. The van der Waals surface area contributed by atoms with Crippen molar-refractivity contribution >= 4 is 0 Å². The van der Waals surface area contributed by atoms with Crippen molar-refractivity contribution < 1.29 is 10.2 Å². The van der Waals surface area contributed by atoms with Gasteiger partial charge in [0.05, 0.1) is 12.7 Å². The number of hydrogen-bond donors (Lipinski definition) is 3. The van der Waals surface area contributed by atoms with Gasteiger partial charge in [0, 0.05) is 0 Å². The van der Waals surface area contributed by atoms with E-state index >= 15 is 0 Å². The predicted molar refractivity (Wildman–Crippen MR) is 33.5 cm³/mol. The molecule has 0 saturated carbocycles. The fourth-order valence-electron chi connectivity index (χ4n) is 0. The van der Waals surface area contributed by atoms with Crippen molar-refractivity contribution in [2.75, 3.05) is 13.2 Å². The zero-order chi connectivity index (χ0) is 6.99. The first-order valence-corrected chi connectivity index (χ1v) is 2.68. The maximum absolute atomic E-state index is 8.11.